The van der Waals surface area contributed by atoms with Crippen molar-refractivity contribution in [1.82, 2.24) is 4.98 Å². The van der Waals surface area contributed by atoms with Crippen LogP contribution in [0.1, 0.15) is 10.4 Å². The molecular weight excluding hydrogens is 356 g/mol. The molecule has 3 aromatic rings. The lowest BCUT2D eigenvalue weighted by Crippen LogP contribution is -1.95. The number of nitrogens with zero attached hydrogens (tertiary/aromatic N) is 1. The number of carbonyl (C=O) groups is 1. The van der Waals surface area contributed by atoms with E-state index < -0.39 is 11.6 Å². The second kappa shape index (κ2) is 5.81. The first-order valence-electron chi connectivity index (χ1n) is 6.25. The molecule has 2 aromatic carbocycles. The number of carbonyl (C=O) groups excluding carboxylic acids is 1. The molecule has 110 valence electrons. The van der Waals surface area contributed by atoms with Gasteiger partial charge in [-0.25, -0.2) is 13.8 Å². The second-order valence-electron chi connectivity index (χ2n) is 4.48. The van der Waals surface area contributed by atoms with E-state index in [1.807, 2.05) is 0 Å². The topological polar surface area (TPSA) is 39.2 Å². The van der Waals surface area contributed by atoms with Gasteiger partial charge in [0.1, 0.15) is 28.7 Å². The lowest BCUT2D eigenvalue weighted by Gasteiger charge is -2.10. The summed E-state index contributed by atoms with van der Waals surface area (Å²) in [5, 5.41) is 0.561. The summed E-state index contributed by atoms with van der Waals surface area (Å²) in [5.41, 5.74) is 0.282. The Bertz CT molecular complexity index is 883. The third-order valence-corrected chi connectivity index (χ3v) is 3.88. The molecule has 0 saturated carbocycles. The highest BCUT2D eigenvalue weighted by atomic mass is 79.9. The summed E-state index contributed by atoms with van der Waals surface area (Å²) in [6, 6.07) is 8.70. The van der Waals surface area contributed by atoms with Gasteiger partial charge in [0.15, 0.2) is 6.29 Å². The zero-order valence-electron chi connectivity index (χ0n) is 11.0. The lowest BCUT2D eigenvalue weighted by molar-refractivity contribution is 0.112. The van der Waals surface area contributed by atoms with Crippen molar-refractivity contribution in [2.24, 2.45) is 0 Å². The van der Waals surface area contributed by atoms with Crippen LogP contribution in [0, 0.1) is 11.6 Å². The molecule has 0 aliphatic rings. The highest BCUT2D eigenvalue weighted by molar-refractivity contribution is 9.10. The van der Waals surface area contributed by atoms with Crippen LogP contribution in [0.3, 0.4) is 0 Å². The van der Waals surface area contributed by atoms with Crippen LogP contribution in [-0.4, -0.2) is 11.3 Å². The predicted molar refractivity (Wildman–Crippen MR) is 81.3 cm³/mol. The molecule has 22 heavy (non-hydrogen) atoms. The maximum absolute atomic E-state index is 13.6. The van der Waals surface area contributed by atoms with Gasteiger partial charge in [-0.3, -0.25) is 4.79 Å². The van der Waals surface area contributed by atoms with Crippen LogP contribution in [0.5, 0.6) is 11.5 Å². The van der Waals surface area contributed by atoms with Crippen molar-refractivity contribution in [3.63, 3.8) is 0 Å². The summed E-state index contributed by atoms with van der Waals surface area (Å²) in [4.78, 5) is 15.1. The fraction of sp³-hybridized carbons (Fsp3) is 0. The summed E-state index contributed by atoms with van der Waals surface area (Å²) >= 11 is 3.00. The Hall–Kier alpha value is -2.34. The zero-order valence-corrected chi connectivity index (χ0v) is 12.6. The molecule has 3 rings (SSSR count). The van der Waals surface area contributed by atoms with Gasteiger partial charge in [0.05, 0.1) is 16.2 Å². The number of pyridine rings is 1. The monoisotopic (exact) mass is 363 g/mol. The molecular formula is C16H8BrF2NO2. The highest BCUT2D eigenvalue weighted by Gasteiger charge is 2.13. The number of rotatable bonds is 3. The van der Waals surface area contributed by atoms with Crippen molar-refractivity contribution in [3.05, 3.63) is 64.3 Å². The van der Waals surface area contributed by atoms with E-state index in [9.17, 15) is 13.6 Å². The van der Waals surface area contributed by atoms with Crippen molar-refractivity contribution in [2.75, 3.05) is 0 Å². The molecule has 1 heterocycles. The van der Waals surface area contributed by atoms with Crippen LogP contribution < -0.4 is 4.74 Å². The Kier molecular flexibility index (Phi) is 3.85. The minimum absolute atomic E-state index is 0.0276. The van der Waals surface area contributed by atoms with Gasteiger partial charge < -0.3 is 4.74 Å². The molecule has 0 aliphatic heterocycles. The van der Waals surface area contributed by atoms with Gasteiger partial charge in [0.25, 0.3) is 0 Å². The Labute approximate surface area is 132 Å². The number of hydrogen-bond acceptors (Lipinski definition) is 3. The van der Waals surface area contributed by atoms with Crippen LogP contribution in [0.15, 0.2) is 47.1 Å². The van der Waals surface area contributed by atoms with Crippen molar-refractivity contribution in [3.8, 4) is 11.5 Å². The SMILES string of the molecule is O=Cc1c(Oc2cnc3c(F)cccc3c2)ccc(F)c1Br. The average molecular weight is 364 g/mol. The van der Waals surface area contributed by atoms with E-state index >= 15 is 0 Å². The zero-order chi connectivity index (χ0) is 15.7. The van der Waals surface area contributed by atoms with E-state index in [0.29, 0.717) is 17.4 Å². The van der Waals surface area contributed by atoms with E-state index in [4.69, 9.17) is 4.74 Å². The first kappa shape index (κ1) is 14.6. The molecule has 0 spiro atoms. The van der Waals surface area contributed by atoms with Gasteiger partial charge >= 0.3 is 0 Å². The van der Waals surface area contributed by atoms with Crippen molar-refractivity contribution >= 4 is 33.1 Å². The molecule has 0 bridgehead atoms. The smallest absolute Gasteiger partial charge is 0.155 e. The molecule has 0 saturated heterocycles. The number of aldehydes is 1. The third kappa shape index (κ3) is 2.57. The number of para-hydroxylation sites is 1. The molecule has 0 fully saturated rings. The number of benzene rings is 2. The lowest BCUT2D eigenvalue weighted by atomic mass is 10.2. The Balaban J connectivity index is 2.04. The van der Waals surface area contributed by atoms with Gasteiger partial charge in [-0.15, -0.1) is 0 Å². The molecule has 0 N–H and O–H groups in total. The second-order valence-corrected chi connectivity index (χ2v) is 5.27. The largest absolute Gasteiger partial charge is 0.455 e. The molecule has 0 unspecified atom stereocenters. The fourth-order valence-corrected chi connectivity index (χ4v) is 2.45. The van der Waals surface area contributed by atoms with Crippen LogP contribution in [0.4, 0.5) is 8.78 Å². The number of hydrogen-bond donors (Lipinski definition) is 0. The van der Waals surface area contributed by atoms with Gasteiger partial charge in [-0.2, -0.15) is 0 Å². The Morgan fingerprint density at radius 2 is 1.95 bits per heavy atom. The average Bonchev–Trinajstić information content (AvgIpc) is 2.51. The summed E-state index contributed by atoms with van der Waals surface area (Å²) < 4.78 is 32.6. The molecule has 0 atom stereocenters. The number of fused-ring (bicyclic) bond motifs is 1. The number of aromatic nitrogens is 1. The standard InChI is InChI=1S/C16H8BrF2NO2/c17-15-11(8-21)14(5-4-12(15)18)22-10-6-9-2-1-3-13(19)16(9)20-7-10/h1-8H. The summed E-state index contributed by atoms with van der Waals surface area (Å²) in [6.07, 6.45) is 1.84. The van der Waals surface area contributed by atoms with Crippen LogP contribution in [0.25, 0.3) is 10.9 Å². The quantitative estimate of drug-likeness (QED) is 0.622. The van der Waals surface area contributed by atoms with Gasteiger partial charge in [-0.1, -0.05) is 12.1 Å². The molecule has 6 heteroatoms. The van der Waals surface area contributed by atoms with Crippen LogP contribution in [0.2, 0.25) is 0 Å². The van der Waals surface area contributed by atoms with Crippen LogP contribution in [-0.2, 0) is 0 Å². The van der Waals surface area contributed by atoms with E-state index in [2.05, 4.69) is 20.9 Å². The minimum Gasteiger partial charge on any atom is -0.455 e. The maximum Gasteiger partial charge on any atom is 0.155 e. The fourth-order valence-electron chi connectivity index (χ4n) is 2.03. The summed E-state index contributed by atoms with van der Waals surface area (Å²) in [7, 11) is 0. The number of ether oxygens (including phenoxy) is 1. The Morgan fingerprint density at radius 1 is 1.14 bits per heavy atom. The normalized spacial score (nSPS) is 10.7. The van der Waals surface area contributed by atoms with Crippen molar-refractivity contribution in [1.29, 1.82) is 0 Å². The van der Waals surface area contributed by atoms with E-state index in [0.717, 1.165) is 0 Å². The summed E-state index contributed by atoms with van der Waals surface area (Å²) in [6.45, 7) is 0. The molecule has 0 aliphatic carbocycles. The predicted octanol–water partition coefficient (Wildman–Crippen LogP) is 4.88. The molecule has 0 radical (unpaired) electrons. The van der Waals surface area contributed by atoms with Crippen molar-refractivity contribution < 1.29 is 18.3 Å². The van der Waals surface area contributed by atoms with Gasteiger partial charge in [0.2, 0.25) is 0 Å². The Morgan fingerprint density at radius 3 is 2.73 bits per heavy atom. The third-order valence-electron chi connectivity index (χ3n) is 3.07. The number of halogens is 3. The molecule has 0 amide bonds. The summed E-state index contributed by atoms with van der Waals surface area (Å²) in [5.74, 6) is -0.490. The molecule has 1 aromatic heterocycles. The van der Waals surface area contributed by atoms with Gasteiger partial charge in [-0.05, 0) is 40.2 Å². The van der Waals surface area contributed by atoms with Crippen LogP contribution >= 0.6 is 15.9 Å². The highest BCUT2D eigenvalue weighted by Crippen LogP contribution is 2.32. The van der Waals surface area contributed by atoms with Gasteiger partial charge in [0, 0.05) is 5.39 Å². The first-order valence-corrected chi connectivity index (χ1v) is 7.05. The minimum atomic E-state index is -0.562. The van der Waals surface area contributed by atoms with E-state index in [1.54, 1.807) is 18.2 Å². The van der Waals surface area contributed by atoms with E-state index in [1.165, 1.54) is 24.4 Å². The molecule has 3 nitrogen and oxygen atoms in total. The maximum atomic E-state index is 13.6. The first-order chi connectivity index (χ1) is 10.6. The van der Waals surface area contributed by atoms with Crippen molar-refractivity contribution in [2.45, 2.75) is 0 Å². The van der Waals surface area contributed by atoms with E-state index in [-0.39, 0.29) is 21.3 Å².